The molecule has 2 N–H and O–H groups in total. The van der Waals surface area contributed by atoms with Gasteiger partial charge in [-0.05, 0) is 18.2 Å². The number of amides is 1. The fraction of sp³-hybridized carbons (Fsp3) is 0.429. The third-order valence-electron chi connectivity index (χ3n) is 3.68. The zero-order valence-corrected chi connectivity index (χ0v) is 11.5. The van der Waals surface area contributed by atoms with Crippen LogP contribution in [0.2, 0.25) is 0 Å². The molecule has 6 heteroatoms. The number of fused-ring (bicyclic) bond motifs is 1. The van der Waals surface area contributed by atoms with Crippen molar-refractivity contribution in [3.8, 4) is 5.75 Å². The molecule has 0 bridgehead atoms. The van der Waals surface area contributed by atoms with E-state index in [0.717, 1.165) is 43.5 Å². The number of nitrogen functional groups attached to an aromatic ring is 1. The lowest BCUT2D eigenvalue weighted by Gasteiger charge is -2.36. The van der Waals surface area contributed by atoms with Crippen LogP contribution in [-0.2, 0) is 4.79 Å². The van der Waals surface area contributed by atoms with Crippen LogP contribution >= 0.6 is 0 Å². The Morgan fingerprint density at radius 1 is 1.30 bits per heavy atom. The van der Waals surface area contributed by atoms with Crippen LogP contribution in [-0.4, -0.2) is 54.3 Å². The van der Waals surface area contributed by atoms with E-state index in [2.05, 4.69) is 9.89 Å². The van der Waals surface area contributed by atoms with Gasteiger partial charge in [-0.15, -0.1) is 0 Å². The van der Waals surface area contributed by atoms with Crippen LogP contribution < -0.4 is 10.5 Å². The lowest BCUT2D eigenvalue weighted by Crippen LogP contribution is -2.51. The smallest absolute Gasteiger partial charge is 0.219 e. The van der Waals surface area contributed by atoms with Crippen LogP contribution in [0, 0.1) is 0 Å². The fourth-order valence-corrected chi connectivity index (χ4v) is 2.50. The summed E-state index contributed by atoms with van der Waals surface area (Å²) < 4.78 is 5.71. The zero-order valence-electron chi connectivity index (χ0n) is 11.5. The molecule has 0 radical (unpaired) electrons. The summed E-state index contributed by atoms with van der Waals surface area (Å²) in [5.41, 5.74) is 7.23. The first kappa shape index (κ1) is 12.8. The summed E-state index contributed by atoms with van der Waals surface area (Å²) in [5, 5.41) is 0. The van der Waals surface area contributed by atoms with Crippen LogP contribution in [0.5, 0.6) is 5.75 Å². The first-order valence-electron chi connectivity index (χ1n) is 6.74. The Hall–Kier alpha value is -2.24. The number of aliphatic imine (C=N–C) groups is 1. The highest BCUT2D eigenvalue weighted by Gasteiger charge is 2.23. The van der Waals surface area contributed by atoms with E-state index in [1.807, 2.05) is 23.1 Å². The number of nitrogens with zero attached hydrogens (tertiary/aromatic N) is 3. The Bertz CT molecular complexity index is 562. The van der Waals surface area contributed by atoms with Crippen molar-refractivity contribution in [2.24, 2.45) is 4.99 Å². The van der Waals surface area contributed by atoms with Gasteiger partial charge in [-0.1, -0.05) is 0 Å². The summed E-state index contributed by atoms with van der Waals surface area (Å²) in [6, 6.07) is 5.48. The maximum atomic E-state index is 11.3. The van der Waals surface area contributed by atoms with E-state index in [9.17, 15) is 4.79 Å². The first-order chi connectivity index (χ1) is 9.63. The number of piperazine rings is 1. The van der Waals surface area contributed by atoms with E-state index in [0.29, 0.717) is 12.3 Å². The van der Waals surface area contributed by atoms with Crippen molar-refractivity contribution >= 4 is 23.1 Å². The summed E-state index contributed by atoms with van der Waals surface area (Å²) in [6.07, 6.45) is 0. The molecule has 0 saturated carbocycles. The lowest BCUT2D eigenvalue weighted by molar-refractivity contribution is -0.130. The Balaban J connectivity index is 1.74. The molecule has 106 valence electrons. The monoisotopic (exact) mass is 274 g/mol. The van der Waals surface area contributed by atoms with E-state index in [-0.39, 0.29) is 5.91 Å². The molecule has 20 heavy (non-hydrogen) atoms. The van der Waals surface area contributed by atoms with Crippen LogP contribution in [0.1, 0.15) is 6.92 Å². The minimum atomic E-state index is 0.129. The van der Waals surface area contributed by atoms with Crippen molar-refractivity contribution in [3.63, 3.8) is 0 Å². The number of anilines is 1. The van der Waals surface area contributed by atoms with Crippen molar-refractivity contribution < 1.29 is 9.53 Å². The number of hydrogen-bond donors (Lipinski definition) is 1. The number of rotatable bonds is 0. The second-order valence-corrected chi connectivity index (χ2v) is 5.04. The number of nitrogens with two attached hydrogens (primary N) is 1. The molecule has 2 aliphatic rings. The summed E-state index contributed by atoms with van der Waals surface area (Å²) in [5.74, 6) is 1.81. The van der Waals surface area contributed by atoms with Gasteiger partial charge in [0.1, 0.15) is 23.9 Å². The highest BCUT2D eigenvalue weighted by Crippen LogP contribution is 2.32. The zero-order chi connectivity index (χ0) is 14.1. The first-order valence-corrected chi connectivity index (χ1v) is 6.74. The SMILES string of the molecule is CC(=O)N1CCN(C2=Nc3cc(N)ccc3OC2)CC1. The van der Waals surface area contributed by atoms with Gasteiger partial charge >= 0.3 is 0 Å². The molecule has 0 spiro atoms. The number of carbonyl (C=O) groups excluding carboxylic acids is 1. The van der Waals surface area contributed by atoms with E-state index in [1.54, 1.807) is 6.92 Å². The molecular weight excluding hydrogens is 256 g/mol. The second kappa shape index (κ2) is 5.03. The summed E-state index contributed by atoms with van der Waals surface area (Å²) in [7, 11) is 0. The molecule has 0 aromatic heterocycles. The Morgan fingerprint density at radius 3 is 2.75 bits per heavy atom. The van der Waals surface area contributed by atoms with Gasteiger partial charge in [-0.25, -0.2) is 4.99 Å². The number of hydrogen-bond acceptors (Lipinski definition) is 5. The average Bonchev–Trinajstić information content (AvgIpc) is 2.46. The third-order valence-corrected chi connectivity index (χ3v) is 3.68. The topological polar surface area (TPSA) is 71.2 Å². The van der Waals surface area contributed by atoms with Crippen LogP contribution in [0.15, 0.2) is 23.2 Å². The van der Waals surface area contributed by atoms with Gasteiger partial charge in [0.05, 0.1) is 0 Å². The molecular formula is C14H18N4O2. The largest absolute Gasteiger partial charge is 0.483 e. The van der Waals surface area contributed by atoms with Gasteiger partial charge in [0, 0.05) is 38.8 Å². The predicted molar refractivity (Wildman–Crippen MR) is 77.3 cm³/mol. The van der Waals surface area contributed by atoms with Crippen molar-refractivity contribution in [3.05, 3.63) is 18.2 Å². The lowest BCUT2D eigenvalue weighted by atomic mass is 10.2. The van der Waals surface area contributed by atoms with Gasteiger partial charge in [-0.2, -0.15) is 0 Å². The molecule has 1 aromatic carbocycles. The van der Waals surface area contributed by atoms with Gasteiger partial charge < -0.3 is 20.3 Å². The van der Waals surface area contributed by atoms with Gasteiger partial charge in [-0.3, -0.25) is 4.79 Å². The quantitative estimate of drug-likeness (QED) is 0.712. The minimum absolute atomic E-state index is 0.129. The van der Waals surface area contributed by atoms with Crippen LogP contribution in [0.4, 0.5) is 11.4 Å². The molecule has 0 unspecified atom stereocenters. The number of benzene rings is 1. The summed E-state index contributed by atoms with van der Waals surface area (Å²) in [4.78, 5) is 20.0. The van der Waals surface area contributed by atoms with Crippen LogP contribution in [0.3, 0.4) is 0 Å². The summed E-state index contributed by atoms with van der Waals surface area (Å²) in [6.45, 7) is 5.13. The molecule has 1 saturated heterocycles. The van der Waals surface area contributed by atoms with E-state index >= 15 is 0 Å². The molecule has 2 aliphatic heterocycles. The molecule has 1 amide bonds. The van der Waals surface area contributed by atoms with Crippen LogP contribution in [0.25, 0.3) is 0 Å². The highest BCUT2D eigenvalue weighted by atomic mass is 16.5. The van der Waals surface area contributed by atoms with Gasteiger partial charge in [0.2, 0.25) is 5.91 Å². The van der Waals surface area contributed by atoms with E-state index in [1.165, 1.54) is 0 Å². The Kier molecular flexibility index (Phi) is 3.22. The molecule has 3 rings (SSSR count). The molecule has 1 aromatic rings. The van der Waals surface area contributed by atoms with Crippen molar-refractivity contribution in [1.82, 2.24) is 9.80 Å². The molecule has 2 heterocycles. The van der Waals surface area contributed by atoms with Crippen molar-refractivity contribution in [1.29, 1.82) is 0 Å². The normalized spacial score (nSPS) is 18.1. The van der Waals surface area contributed by atoms with E-state index < -0.39 is 0 Å². The number of carbonyl (C=O) groups is 1. The van der Waals surface area contributed by atoms with Crippen molar-refractivity contribution in [2.75, 3.05) is 38.5 Å². The summed E-state index contributed by atoms with van der Waals surface area (Å²) >= 11 is 0. The van der Waals surface area contributed by atoms with E-state index in [4.69, 9.17) is 10.5 Å². The predicted octanol–water partition coefficient (Wildman–Crippen LogP) is 0.855. The standard InChI is InChI=1S/C14H18N4O2/c1-10(19)17-4-6-18(7-5-17)14-9-20-13-3-2-11(15)8-12(13)16-14/h2-3,8H,4-7,9,15H2,1H3. The second-order valence-electron chi connectivity index (χ2n) is 5.04. The Labute approximate surface area is 117 Å². The number of ether oxygens (including phenoxy) is 1. The fourth-order valence-electron chi connectivity index (χ4n) is 2.50. The molecule has 1 fully saturated rings. The average molecular weight is 274 g/mol. The maximum absolute atomic E-state index is 11.3. The van der Waals surface area contributed by atoms with Gasteiger partial charge in [0.25, 0.3) is 0 Å². The number of amidine groups is 1. The highest BCUT2D eigenvalue weighted by molar-refractivity contribution is 5.89. The molecule has 6 nitrogen and oxygen atoms in total. The van der Waals surface area contributed by atoms with Crippen molar-refractivity contribution in [2.45, 2.75) is 6.92 Å². The minimum Gasteiger partial charge on any atom is -0.483 e. The molecule has 0 aliphatic carbocycles. The van der Waals surface area contributed by atoms with Gasteiger partial charge in [0.15, 0.2) is 0 Å². The molecule has 0 atom stereocenters. The Morgan fingerprint density at radius 2 is 2.05 bits per heavy atom. The maximum Gasteiger partial charge on any atom is 0.219 e. The third kappa shape index (κ3) is 2.41.